The van der Waals surface area contributed by atoms with Crippen LogP contribution < -0.4 is 5.73 Å². The molecule has 0 bridgehead atoms. The normalized spacial score (nSPS) is 10.1. The van der Waals surface area contributed by atoms with Crippen LogP contribution in [0.2, 0.25) is 0 Å². The fourth-order valence-corrected chi connectivity index (χ4v) is 1.77. The first kappa shape index (κ1) is 14.1. The van der Waals surface area contributed by atoms with Gasteiger partial charge in [0.1, 0.15) is 5.56 Å². The highest BCUT2D eigenvalue weighted by Gasteiger charge is 2.24. The first-order valence-corrected chi connectivity index (χ1v) is 5.73. The Morgan fingerprint density at radius 3 is 2.10 bits per heavy atom. The van der Waals surface area contributed by atoms with E-state index < -0.39 is 27.0 Å². The third-order valence-electron chi connectivity index (χ3n) is 2.81. The molecule has 0 aromatic heterocycles. The molecule has 8 heteroatoms. The van der Waals surface area contributed by atoms with E-state index in [1.165, 1.54) is 24.3 Å². The maximum Gasteiger partial charge on any atom is 0.287 e. The summed E-state index contributed by atoms with van der Waals surface area (Å²) in [5.41, 5.74) is 4.89. The number of nitrogens with zero attached hydrogens (tertiary/aromatic N) is 2. The first-order chi connectivity index (χ1) is 9.90. The van der Waals surface area contributed by atoms with E-state index in [0.717, 1.165) is 18.2 Å². The molecule has 2 rings (SSSR count). The van der Waals surface area contributed by atoms with E-state index in [1.54, 1.807) is 0 Å². The Morgan fingerprint density at radius 1 is 0.952 bits per heavy atom. The molecule has 2 aromatic rings. The van der Waals surface area contributed by atoms with Gasteiger partial charge in [-0.25, -0.2) is 0 Å². The number of benzene rings is 2. The number of carbonyl (C=O) groups is 1. The SMILES string of the molecule is Nc1ccc(C(=O)c2ccc([N+](=O)[O-])cc2[N+](=O)[O-])cc1. The monoisotopic (exact) mass is 287 g/mol. The maximum absolute atomic E-state index is 12.2. The van der Waals surface area contributed by atoms with Gasteiger partial charge in [-0.05, 0) is 30.3 Å². The maximum atomic E-state index is 12.2. The third kappa shape index (κ3) is 2.84. The summed E-state index contributed by atoms with van der Waals surface area (Å²) in [5.74, 6) is -0.600. The van der Waals surface area contributed by atoms with Crippen LogP contribution in [-0.2, 0) is 0 Å². The molecule has 0 aliphatic heterocycles. The average Bonchev–Trinajstić information content (AvgIpc) is 2.46. The van der Waals surface area contributed by atoms with Crippen LogP contribution in [0.15, 0.2) is 42.5 Å². The fraction of sp³-hybridized carbons (Fsp3) is 0. The molecule has 2 aromatic carbocycles. The number of ketones is 1. The van der Waals surface area contributed by atoms with Crippen molar-refractivity contribution in [2.45, 2.75) is 0 Å². The molecule has 106 valence electrons. The highest BCUT2D eigenvalue weighted by Crippen LogP contribution is 2.26. The second-order valence-corrected chi connectivity index (χ2v) is 4.17. The molecule has 0 saturated heterocycles. The number of nitro benzene ring substituents is 2. The number of nitro groups is 2. The summed E-state index contributed by atoms with van der Waals surface area (Å²) in [5, 5.41) is 21.6. The topological polar surface area (TPSA) is 129 Å². The average molecular weight is 287 g/mol. The lowest BCUT2D eigenvalue weighted by molar-refractivity contribution is -0.394. The van der Waals surface area contributed by atoms with Crippen LogP contribution in [0.4, 0.5) is 17.1 Å². The van der Waals surface area contributed by atoms with E-state index >= 15 is 0 Å². The molecule has 0 saturated carbocycles. The number of hydrogen-bond donors (Lipinski definition) is 1. The summed E-state index contributed by atoms with van der Waals surface area (Å²) in [4.78, 5) is 32.3. The Balaban J connectivity index is 2.52. The molecule has 0 radical (unpaired) electrons. The number of nitrogen functional groups attached to an aromatic ring is 1. The van der Waals surface area contributed by atoms with Gasteiger partial charge in [-0.3, -0.25) is 25.0 Å². The van der Waals surface area contributed by atoms with E-state index in [0.29, 0.717) is 5.69 Å². The van der Waals surface area contributed by atoms with Crippen LogP contribution in [0.3, 0.4) is 0 Å². The van der Waals surface area contributed by atoms with Crippen molar-refractivity contribution in [3.05, 3.63) is 73.8 Å². The summed E-state index contributed by atoms with van der Waals surface area (Å²) in [6, 6.07) is 8.75. The number of carbonyl (C=O) groups excluding carboxylic acids is 1. The molecule has 21 heavy (non-hydrogen) atoms. The van der Waals surface area contributed by atoms with Crippen molar-refractivity contribution in [1.29, 1.82) is 0 Å². The van der Waals surface area contributed by atoms with Crippen molar-refractivity contribution < 1.29 is 14.6 Å². The second-order valence-electron chi connectivity index (χ2n) is 4.17. The quantitative estimate of drug-likeness (QED) is 0.397. The van der Waals surface area contributed by atoms with Crippen molar-refractivity contribution >= 4 is 22.8 Å². The summed E-state index contributed by atoms with van der Waals surface area (Å²) >= 11 is 0. The van der Waals surface area contributed by atoms with Crippen molar-refractivity contribution in [2.24, 2.45) is 0 Å². The van der Waals surface area contributed by atoms with E-state index in [4.69, 9.17) is 5.73 Å². The van der Waals surface area contributed by atoms with Gasteiger partial charge in [0.15, 0.2) is 5.78 Å². The Hall–Kier alpha value is -3.29. The molecule has 0 atom stereocenters. The molecule has 2 N–H and O–H groups in total. The lowest BCUT2D eigenvalue weighted by Gasteiger charge is -2.03. The van der Waals surface area contributed by atoms with Gasteiger partial charge in [-0.15, -0.1) is 0 Å². The summed E-state index contributed by atoms with van der Waals surface area (Å²) in [6.45, 7) is 0. The standard InChI is InChI=1S/C13H9N3O5/c14-9-3-1-8(2-4-9)13(17)11-6-5-10(15(18)19)7-12(11)16(20)21/h1-7H,14H2. The third-order valence-corrected chi connectivity index (χ3v) is 2.81. The van der Waals surface area contributed by atoms with Gasteiger partial charge in [-0.1, -0.05) is 0 Å². The second kappa shape index (κ2) is 5.37. The summed E-state index contributed by atoms with van der Waals surface area (Å²) in [6.07, 6.45) is 0. The number of anilines is 1. The molecule has 0 unspecified atom stereocenters. The zero-order valence-electron chi connectivity index (χ0n) is 10.6. The zero-order valence-corrected chi connectivity index (χ0v) is 10.6. The molecule has 0 spiro atoms. The van der Waals surface area contributed by atoms with Crippen molar-refractivity contribution in [2.75, 3.05) is 5.73 Å². The molecule has 0 fully saturated rings. The minimum absolute atomic E-state index is 0.209. The van der Waals surface area contributed by atoms with Crippen LogP contribution in [0.1, 0.15) is 15.9 Å². The number of rotatable bonds is 4. The van der Waals surface area contributed by atoms with Gasteiger partial charge in [0, 0.05) is 17.3 Å². The summed E-state index contributed by atoms with van der Waals surface area (Å²) < 4.78 is 0. The largest absolute Gasteiger partial charge is 0.399 e. The van der Waals surface area contributed by atoms with E-state index in [9.17, 15) is 25.0 Å². The zero-order chi connectivity index (χ0) is 15.6. The highest BCUT2D eigenvalue weighted by molar-refractivity contribution is 6.11. The predicted octanol–water partition coefficient (Wildman–Crippen LogP) is 2.32. The molecule has 8 nitrogen and oxygen atoms in total. The van der Waals surface area contributed by atoms with Gasteiger partial charge in [-0.2, -0.15) is 0 Å². The van der Waals surface area contributed by atoms with Crippen molar-refractivity contribution in [1.82, 2.24) is 0 Å². The first-order valence-electron chi connectivity index (χ1n) is 5.73. The molecule has 0 aliphatic rings. The van der Waals surface area contributed by atoms with Crippen LogP contribution in [0.5, 0.6) is 0 Å². The predicted molar refractivity (Wildman–Crippen MR) is 74.0 cm³/mol. The van der Waals surface area contributed by atoms with Crippen molar-refractivity contribution in [3.8, 4) is 0 Å². The molecule has 0 aliphatic carbocycles. The lowest BCUT2D eigenvalue weighted by atomic mass is 10.0. The lowest BCUT2D eigenvalue weighted by Crippen LogP contribution is -2.06. The number of non-ortho nitro benzene ring substituents is 1. The molecular formula is C13H9N3O5. The van der Waals surface area contributed by atoms with Crippen LogP contribution in [0.25, 0.3) is 0 Å². The minimum atomic E-state index is -0.822. The van der Waals surface area contributed by atoms with E-state index in [2.05, 4.69) is 0 Å². The Kier molecular flexibility index (Phi) is 3.61. The van der Waals surface area contributed by atoms with Gasteiger partial charge < -0.3 is 5.73 Å². The number of hydrogen-bond acceptors (Lipinski definition) is 6. The molecule has 0 amide bonds. The smallest absolute Gasteiger partial charge is 0.287 e. The van der Waals surface area contributed by atoms with Crippen LogP contribution >= 0.6 is 0 Å². The molecular weight excluding hydrogens is 278 g/mol. The van der Waals surface area contributed by atoms with E-state index in [-0.39, 0.29) is 11.1 Å². The van der Waals surface area contributed by atoms with Gasteiger partial charge in [0.05, 0.1) is 15.9 Å². The highest BCUT2D eigenvalue weighted by atomic mass is 16.6. The molecule has 0 heterocycles. The summed E-state index contributed by atoms with van der Waals surface area (Å²) in [7, 11) is 0. The van der Waals surface area contributed by atoms with Crippen LogP contribution in [-0.4, -0.2) is 15.6 Å². The van der Waals surface area contributed by atoms with Crippen LogP contribution in [0, 0.1) is 20.2 Å². The Morgan fingerprint density at radius 2 is 1.57 bits per heavy atom. The van der Waals surface area contributed by atoms with Gasteiger partial charge >= 0.3 is 0 Å². The van der Waals surface area contributed by atoms with Gasteiger partial charge in [0.2, 0.25) is 0 Å². The van der Waals surface area contributed by atoms with Gasteiger partial charge in [0.25, 0.3) is 11.4 Å². The Labute approximate surface area is 118 Å². The number of nitrogens with two attached hydrogens (primary N) is 1. The van der Waals surface area contributed by atoms with E-state index in [1.807, 2.05) is 0 Å². The Bertz CT molecular complexity index is 740. The fourth-order valence-electron chi connectivity index (χ4n) is 1.77. The van der Waals surface area contributed by atoms with Crippen molar-refractivity contribution in [3.63, 3.8) is 0 Å². The minimum Gasteiger partial charge on any atom is -0.399 e.